The number of carbonyl (C=O) groups excluding carboxylic acids is 2. The van der Waals surface area contributed by atoms with Crippen LogP contribution in [0.3, 0.4) is 0 Å². The molecule has 0 bridgehead atoms. The van der Waals surface area contributed by atoms with Crippen LogP contribution in [0.5, 0.6) is 0 Å². The van der Waals surface area contributed by atoms with Crippen LogP contribution in [-0.4, -0.2) is 29.5 Å². The zero-order valence-corrected chi connectivity index (χ0v) is 9.62. The van der Waals surface area contributed by atoms with Crippen LogP contribution in [-0.2, 0) is 40.7 Å². The molecule has 0 aromatic rings. The van der Waals surface area contributed by atoms with Crippen LogP contribution >= 0.6 is 0 Å². The van der Waals surface area contributed by atoms with E-state index in [0.717, 1.165) is 0 Å². The molecule has 94 valence electrons. The van der Waals surface area contributed by atoms with E-state index in [1.54, 1.807) is 0 Å². The molecular formula is C6H10O8S2. The number of carbonyl (C=O) groups is 2. The summed E-state index contributed by atoms with van der Waals surface area (Å²) >= 11 is -5.26. The molecule has 0 radical (unpaired) electrons. The average molecular weight is 274 g/mol. The Kier molecular flexibility index (Phi) is 7.89. The molecule has 2 N–H and O–H groups in total. The summed E-state index contributed by atoms with van der Waals surface area (Å²) < 4.78 is 44.1. The van der Waals surface area contributed by atoms with Gasteiger partial charge < -0.3 is 8.37 Å². The van der Waals surface area contributed by atoms with E-state index in [-0.39, 0.29) is 25.7 Å². The van der Waals surface area contributed by atoms with Crippen LogP contribution in [0, 0.1) is 0 Å². The highest BCUT2D eigenvalue weighted by Gasteiger charge is 2.09. The molecule has 10 heteroatoms. The van der Waals surface area contributed by atoms with Crippen molar-refractivity contribution in [1.29, 1.82) is 0 Å². The molecule has 0 saturated carbocycles. The Labute approximate surface area is 96.3 Å². The van der Waals surface area contributed by atoms with E-state index >= 15 is 0 Å². The van der Waals surface area contributed by atoms with Crippen LogP contribution in [0.1, 0.15) is 25.7 Å². The highest BCUT2D eigenvalue weighted by atomic mass is 32.2. The fourth-order valence-electron chi connectivity index (χ4n) is 0.781. The summed E-state index contributed by atoms with van der Waals surface area (Å²) in [5.41, 5.74) is 0. The second-order valence-corrected chi connectivity index (χ2v) is 3.75. The summed E-state index contributed by atoms with van der Waals surface area (Å²) in [6.07, 6.45) is 0.232. The molecule has 2 atom stereocenters. The first-order chi connectivity index (χ1) is 7.41. The van der Waals surface area contributed by atoms with Gasteiger partial charge in [0.2, 0.25) is 0 Å². The average Bonchev–Trinajstić information content (AvgIpc) is 2.10. The van der Waals surface area contributed by atoms with Crippen LogP contribution in [0.15, 0.2) is 0 Å². The van der Waals surface area contributed by atoms with Crippen molar-refractivity contribution in [3.05, 3.63) is 0 Å². The van der Waals surface area contributed by atoms with E-state index in [4.69, 9.17) is 9.11 Å². The maximum atomic E-state index is 10.7. The quantitative estimate of drug-likeness (QED) is 0.487. The Morgan fingerprint density at radius 3 is 1.44 bits per heavy atom. The Morgan fingerprint density at radius 2 is 1.19 bits per heavy atom. The van der Waals surface area contributed by atoms with Crippen molar-refractivity contribution >= 4 is 34.7 Å². The lowest BCUT2D eigenvalue weighted by Gasteiger charge is -1.99. The largest absolute Gasteiger partial charge is 0.360 e. The Balaban J connectivity index is 3.53. The molecule has 8 nitrogen and oxygen atoms in total. The summed E-state index contributed by atoms with van der Waals surface area (Å²) in [6, 6.07) is 0. The normalized spacial score (nSPS) is 13.9. The molecule has 0 fully saturated rings. The summed E-state index contributed by atoms with van der Waals surface area (Å²) in [6.45, 7) is 0. The first kappa shape index (κ1) is 15.2. The third kappa shape index (κ3) is 9.71. The molecule has 0 rings (SSSR count). The summed E-state index contributed by atoms with van der Waals surface area (Å²) in [7, 11) is 0. The van der Waals surface area contributed by atoms with Gasteiger partial charge in [-0.05, 0) is 12.8 Å². The van der Waals surface area contributed by atoms with Crippen LogP contribution < -0.4 is 0 Å². The van der Waals surface area contributed by atoms with Crippen molar-refractivity contribution in [1.82, 2.24) is 0 Å². The molecule has 2 unspecified atom stereocenters. The summed E-state index contributed by atoms with van der Waals surface area (Å²) in [4.78, 5) is 21.4. The van der Waals surface area contributed by atoms with Gasteiger partial charge in [0.15, 0.2) is 0 Å². The first-order valence-corrected chi connectivity index (χ1v) is 6.12. The number of hydrogen-bond acceptors (Lipinski definition) is 6. The van der Waals surface area contributed by atoms with E-state index in [1.165, 1.54) is 0 Å². The van der Waals surface area contributed by atoms with Gasteiger partial charge in [0.05, 0.1) is 0 Å². The van der Waals surface area contributed by atoms with Gasteiger partial charge in [-0.2, -0.15) is 8.42 Å². The van der Waals surface area contributed by atoms with Gasteiger partial charge in [-0.1, -0.05) is 0 Å². The molecule has 16 heavy (non-hydrogen) atoms. The van der Waals surface area contributed by atoms with Crippen molar-refractivity contribution in [2.75, 3.05) is 0 Å². The van der Waals surface area contributed by atoms with Gasteiger partial charge in [-0.3, -0.25) is 18.7 Å². The highest BCUT2D eigenvalue weighted by Crippen LogP contribution is 2.03. The minimum atomic E-state index is -2.63. The molecule has 0 amide bonds. The number of rotatable bonds is 7. The zero-order valence-electron chi connectivity index (χ0n) is 7.99. The predicted molar refractivity (Wildman–Crippen MR) is 52.2 cm³/mol. The van der Waals surface area contributed by atoms with Crippen LogP contribution in [0.25, 0.3) is 0 Å². The van der Waals surface area contributed by atoms with Gasteiger partial charge >= 0.3 is 34.7 Å². The Hall–Kier alpha value is -0.840. The highest BCUT2D eigenvalue weighted by molar-refractivity contribution is 7.74. The standard InChI is InChI=1S/C6H10O8S2/c7-5(13-15(9)10)3-1-2-4-6(8)14-16(11)12/h1-4H2,(H,9,10)(H,11,12). The summed E-state index contributed by atoms with van der Waals surface area (Å²) in [5, 5.41) is 0. The SMILES string of the molecule is O=C(CCCCC(=O)OS(=O)O)OS(=O)O. The fourth-order valence-corrected chi connectivity index (χ4v) is 1.27. The molecule has 0 saturated heterocycles. The molecule has 0 spiro atoms. The monoisotopic (exact) mass is 274 g/mol. The second kappa shape index (κ2) is 8.33. The van der Waals surface area contributed by atoms with Crippen molar-refractivity contribution in [2.24, 2.45) is 0 Å². The van der Waals surface area contributed by atoms with E-state index in [2.05, 4.69) is 8.37 Å². The third-order valence-corrected chi connectivity index (χ3v) is 2.00. The minimum Gasteiger partial charge on any atom is -0.343 e. The minimum absolute atomic E-state index is 0.123. The lowest BCUT2D eigenvalue weighted by atomic mass is 10.2. The predicted octanol–water partition coefficient (Wildman–Crippen LogP) is -0.0934. The topological polar surface area (TPSA) is 127 Å². The molecule has 0 aliphatic rings. The molecule has 0 aliphatic carbocycles. The van der Waals surface area contributed by atoms with E-state index in [0.29, 0.717) is 0 Å². The second-order valence-electron chi connectivity index (χ2n) is 2.55. The van der Waals surface area contributed by atoms with Gasteiger partial charge in [0, 0.05) is 12.8 Å². The smallest absolute Gasteiger partial charge is 0.343 e. The molecular weight excluding hydrogens is 264 g/mol. The van der Waals surface area contributed by atoms with Crippen LogP contribution in [0.4, 0.5) is 0 Å². The zero-order chi connectivity index (χ0) is 12.6. The first-order valence-electron chi connectivity index (χ1n) is 4.06. The van der Waals surface area contributed by atoms with Crippen molar-refractivity contribution in [2.45, 2.75) is 25.7 Å². The molecule has 0 aliphatic heterocycles. The number of unbranched alkanes of at least 4 members (excludes halogenated alkanes) is 1. The molecule has 0 heterocycles. The Bertz CT molecular complexity index is 271. The lowest BCUT2D eigenvalue weighted by molar-refractivity contribution is -0.136. The fraction of sp³-hybridized carbons (Fsp3) is 0.667. The van der Waals surface area contributed by atoms with Gasteiger partial charge in [-0.15, -0.1) is 0 Å². The molecule has 0 aromatic carbocycles. The van der Waals surface area contributed by atoms with Crippen molar-refractivity contribution < 1.29 is 35.5 Å². The van der Waals surface area contributed by atoms with Crippen LogP contribution in [0.2, 0.25) is 0 Å². The van der Waals surface area contributed by atoms with Crippen molar-refractivity contribution in [3.63, 3.8) is 0 Å². The van der Waals surface area contributed by atoms with Crippen molar-refractivity contribution in [3.8, 4) is 0 Å². The Morgan fingerprint density at radius 1 is 0.875 bits per heavy atom. The number of hydrogen-bond donors (Lipinski definition) is 2. The van der Waals surface area contributed by atoms with Gasteiger partial charge in [0.25, 0.3) is 0 Å². The summed E-state index contributed by atoms with van der Waals surface area (Å²) in [5.74, 6) is -1.72. The van der Waals surface area contributed by atoms with E-state index in [9.17, 15) is 18.0 Å². The maximum absolute atomic E-state index is 10.7. The molecule has 0 aromatic heterocycles. The van der Waals surface area contributed by atoms with E-state index < -0.39 is 34.7 Å². The maximum Gasteiger partial charge on any atom is 0.360 e. The van der Waals surface area contributed by atoms with E-state index in [1.807, 2.05) is 0 Å². The van der Waals surface area contributed by atoms with Gasteiger partial charge in [0.1, 0.15) is 0 Å². The van der Waals surface area contributed by atoms with Gasteiger partial charge in [-0.25, -0.2) is 0 Å². The lowest BCUT2D eigenvalue weighted by Crippen LogP contribution is -2.08. The third-order valence-electron chi connectivity index (χ3n) is 1.34.